The predicted molar refractivity (Wildman–Crippen MR) is 105 cm³/mol. The van der Waals surface area contributed by atoms with E-state index in [1.54, 1.807) is 0 Å². The third kappa shape index (κ3) is 4.23. The van der Waals surface area contributed by atoms with Gasteiger partial charge in [-0.3, -0.25) is 4.79 Å². The third-order valence-corrected chi connectivity index (χ3v) is 5.09. The average Bonchev–Trinajstić information content (AvgIpc) is 2.98. The highest BCUT2D eigenvalue weighted by atomic mass is 32.2. The number of amides is 1. The molecule has 1 aromatic heterocycles. The second kappa shape index (κ2) is 8.05. The Morgan fingerprint density at radius 1 is 1.12 bits per heavy atom. The van der Waals surface area contributed by atoms with E-state index in [2.05, 4.69) is 15.5 Å². The monoisotopic (exact) mass is 367 g/mol. The van der Waals surface area contributed by atoms with Gasteiger partial charge < -0.3 is 11.2 Å². The zero-order valence-corrected chi connectivity index (χ0v) is 15.6. The summed E-state index contributed by atoms with van der Waals surface area (Å²) in [5.41, 5.74) is 4.14. The van der Waals surface area contributed by atoms with E-state index < -0.39 is 0 Å². The van der Waals surface area contributed by atoms with E-state index in [1.165, 1.54) is 16.4 Å². The minimum absolute atomic E-state index is 0.101. The Labute approximate surface area is 156 Å². The molecule has 0 aliphatic carbocycles. The van der Waals surface area contributed by atoms with E-state index in [4.69, 9.17) is 5.84 Å². The van der Waals surface area contributed by atoms with Crippen LogP contribution in [0.15, 0.2) is 53.7 Å². The van der Waals surface area contributed by atoms with Crippen LogP contribution < -0.4 is 11.2 Å². The van der Waals surface area contributed by atoms with Crippen LogP contribution in [0.25, 0.3) is 0 Å². The third-order valence-electron chi connectivity index (χ3n) is 4.15. The topological polar surface area (TPSA) is 85.8 Å². The Morgan fingerprint density at radius 3 is 2.65 bits per heavy atom. The summed E-state index contributed by atoms with van der Waals surface area (Å²) in [6.45, 7) is 4.01. The lowest BCUT2D eigenvalue weighted by molar-refractivity contribution is -0.113. The maximum Gasteiger partial charge on any atom is 0.234 e. The fraction of sp³-hybridized carbons (Fsp3) is 0.211. The number of rotatable bonds is 6. The maximum absolute atomic E-state index is 12.2. The first-order valence-electron chi connectivity index (χ1n) is 8.26. The number of nitrogens with two attached hydrogens (primary N) is 1. The Balaban J connectivity index is 1.59. The van der Waals surface area contributed by atoms with Gasteiger partial charge in [-0.15, -0.1) is 10.2 Å². The summed E-state index contributed by atoms with van der Waals surface area (Å²) in [5, 5.41) is 11.7. The van der Waals surface area contributed by atoms with Gasteiger partial charge in [-0.05, 0) is 36.6 Å². The SMILES string of the molecule is Cc1cccc(NC(=O)CSc2nnc(Cc3ccccc3)n2N)c1C. The Hall–Kier alpha value is -2.80. The average molecular weight is 367 g/mol. The van der Waals surface area contributed by atoms with Crippen molar-refractivity contribution in [1.82, 2.24) is 14.9 Å². The fourth-order valence-corrected chi connectivity index (χ4v) is 3.18. The van der Waals surface area contributed by atoms with E-state index in [0.717, 1.165) is 22.4 Å². The highest BCUT2D eigenvalue weighted by molar-refractivity contribution is 7.99. The number of anilines is 1. The smallest absolute Gasteiger partial charge is 0.234 e. The number of thioether (sulfide) groups is 1. The van der Waals surface area contributed by atoms with E-state index in [0.29, 0.717) is 17.4 Å². The molecule has 0 spiro atoms. The molecule has 1 amide bonds. The maximum atomic E-state index is 12.2. The highest BCUT2D eigenvalue weighted by Crippen LogP contribution is 2.20. The molecule has 2 aromatic carbocycles. The lowest BCUT2D eigenvalue weighted by Crippen LogP contribution is -2.18. The highest BCUT2D eigenvalue weighted by Gasteiger charge is 2.13. The number of benzene rings is 2. The molecule has 0 unspecified atom stereocenters. The lowest BCUT2D eigenvalue weighted by Gasteiger charge is -2.10. The van der Waals surface area contributed by atoms with Crippen LogP contribution >= 0.6 is 11.8 Å². The summed E-state index contributed by atoms with van der Waals surface area (Å²) in [5.74, 6) is 6.85. The quantitative estimate of drug-likeness (QED) is 0.517. The van der Waals surface area contributed by atoms with Crippen LogP contribution in [-0.2, 0) is 11.2 Å². The predicted octanol–water partition coefficient (Wildman–Crippen LogP) is 2.93. The van der Waals surface area contributed by atoms with Gasteiger partial charge in [0, 0.05) is 12.1 Å². The van der Waals surface area contributed by atoms with Crippen molar-refractivity contribution in [1.29, 1.82) is 0 Å². The number of aromatic nitrogens is 3. The zero-order chi connectivity index (χ0) is 18.5. The van der Waals surface area contributed by atoms with Gasteiger partial charge in [-0.25, -0.2) is 4.68 Å². The summed E-state index contributed by atoms with van der Waals surface area (Å²) >= 11 is 1.27. The molecular formula is C19H21N5OS. The number of nitrogens with one attached hydrogen (secondary N) is 1. The second-order valence-corrected chi connectivity index (χ2v) is 6.96. The first-order chi connectivity index (χ1) is 12.5. The summed E-state index contributed by atoms with van der Waals surface area (Å²) < 4.78 is 1.45. The first-order valence-corrected chi connectivity index (χ1v) is 9.25. The lowest BCUT2D eigenvalue weighted by atomic mass is 10.1. The minimum Gasteiger partial charge on any atom is -0.336 e. The summed E-state index contributed by atoms with van der Waals surface area (Å²) in [6.07, 6.45) is 0.597. The Morgan fingerprint density at radius 2 is 1.88 bits per heavy atom. The van der Waals surface area contributed by atoms with Crippen LogP contribution in [0.3, 0.4) is 0 Å². The molecule has 134 valence electrons. The van der Waals surface area contributed by atoms with Crippen molar-refractivity contribution in [3.8, 4) is 0 Å². The van der Waals surface area contributed by atoms with Crippen molar-refractivity contribution >= 4 is 23.4 Å². The number of hydrogen-bond acceptors (Lipinski definition) is 5. The van der Waals surface area contributed by atoms with Gasteiger partial charge in [0.25, 0.3) is 0 Å². The van der Waals surface area contributed by atoms with Gasteiger partial charge in [-0.2, -0.15) is 0 Å². The minimum atomic E-state index is -0.101. The number of carbonyl (C=O) groups is 1. The standard InChI is InChI=1S/C19H21N5OS/c1-13-7-6-10-16(14(13)2)21-18(25)12-26-19-23-22-17(24(19)20)11-15-8-4-3-5-9-15/h3-10H,11-12,20H2,1-2H3,(H,21,25). The molecule has 0 atom stereocenters. The Bertz CT molecular complexity index is 908. The van der Waals surface area contributed by atoms with Crippen molar-refractivity contribution in [3.63, 3.8) is 0 Å². The summed E-state index contributed by atoms with van der Waals surface area (Å²) in [4.78, 5) is 12.2. The molecule has 0 saturated heterocycles. The van der Waals surface area contributed by atoms with Gasteiger partial charge >= 0.3 is 0 Å². The number of hydrogen-bond donors (Lipinski definition) is 2. The summed E-state index contributed by atoms with van der Waals surface area (Å²) in [7, 11) is 0. The van der Waals surface area contributed by atoms with Gasteiger partial charge in [0.05, 0.1) is 5.75 Å². The van der Waals surface area contributed by atoms with Crippen LogP contribution in [0.2, 0.25) is 0 Å². The van der Waals surface area contributed by atoms with Gasteiger partial charge in [0.2, 0.25) is 11.1 Å². The van der Waals surface area contributed by atoms with Crippen LogP contribution in [0.5, 0.6) is 0 Å². The number of nitrogens with zero attached hydrogens (tertiary/aromatic N) is 3. The second-order valence-electron chi connectivity index (χ2n) is 6.02. The summed E-state index contributed by atoms with van der Waals surface area (Å²) in [6, 6.07) is 15.8. The van der Waals surface area contributed by atoms with Crippen molar-refractivity contribution in [2.75, 3.05) is 16.9 Å². The molecule has 3 aromatic rings. The Kier molecular flexibility index (Phi) is 5.58. The van der Waals surface area contributed by atoms with Crippen molar-refractivity contribution in [2.45, 2.75) is 25.4 Å². The van der Waals surface area contributed by atoms with Crippen molar-refractivity contribution in [2.24, 2.45) is 0 Å². The molecule has 0 aliphatic heterocycles. The van der Waals surface area contributed by atoms with Crippen LogP contribution in [0.4, 0.5) is 5.69 Å². The van der Waals surface area contributed by atoms with E-state index in [9.17, 15) is 4.79 Å². The molecule has 6 nitrogen and oxygen atoms in total. The van der Waals surface area contributed by atoms with Crippen molar-refractivity contribution in [3.05, 3.63) is 71.0 Å². The van der Waals surface area contributed by atoms with Crippen molar-refractivity contribution < 1.29 is 4.79 Å². The van der Waals surface area contributed by atoms with Gasteiger partial charge in [0.15, 0.2) is 5.82 Å². The first kappa shape index (κ1) is 18.0. The molecule has 3 N–H and O–H groups in total. The molecular weight excluding hydrogens is 346 g/mol. The molecule has 0 fully saturated rings. The normalized spacial score (nSPS) is 10.7. The fourth-order valence-electron chi connectivity index (χ4n) is 2.51. The molecule has 7 heteroatoms. The molecule has 0 saturated carbocycles. The number of nitrogen functional groups attached to an aromatic ring is 1. The molecule has 1 heterocycles. The molecule has 0 radical (unpaired) electrons. The van der Waals surface area contributed by atoms with Crippen LogP contribution in [0, 0.1) is 13.8 Å². The van der Waals surface area contributed by atoms with Crippen LogP contribution in [0.1, 0.15) is 22.5 Å². The molecule has 0 bridgehead atoms. The van der Waals surface area contributed by atoms with Gasteiger partial charge in [0.1, 0.15) is 0 Å². The van der Waals surface area contributed by atoms with Crippen LogP contribution in [-0.4, -0.2) is 26.5 Å². The molecule has 3 rings (SSSR count). The van der Waals surface area contributed by atoms with E-state index in [1.807, 2.05) is 62.4 Å². The number of carbonyl (C=O) groups excluding carboxylic acids is 1. The van der Waals surface area contributed by atoms with E-state index >= 15 is 0 Å². The largest absolute Gasteiger partial charge is 0.336 e. The zero-order valence-electron chi connectivity index (χ0n) is 14.8. The molecule has 0 aliphatic rings. The number of aryl methyl sites for hydroxylation is 1. The van der Waals surface area contributed by atoms with E-state index in [-0.39, 0.29) is 11.7 Å². The molecule has 26 heavy (non-hydrogen) atoms. The van der Waals surface area contributed by atoms with Gasteiger partial charge in [-0.1, -0.05) is 54.2 Å².